The third-order valence-electron chi connectivity index (χ3n) is 4.60. The molecule has 33 heavy (non-hydrogen) atoms. The lowest BCUT2D eigenvalue weighted by atomic mass is 10.2. The van der Waals surface area contributed by atoms with Gasteiger partial charge in [-0.05, 0) is 60.7 Å². The molecule has 4 rings (SSSR count). The van der Waals surface area contributed by atoms with E-state index >= 15 is 0 Å². The van der Waals surface area contributed by atoms with Crippen LogP contribution in [-0.2, 0) is 10.0 Å². The van der Waals surface area contributed by atoms with E-state index in [2.05, 4.69) is 20.2 Å². The third kappa shape index (κ3) is 5.48. The molecule has 1 heterocycles. The minimum absolute atomic E-state index is 0.0740. The van der Waals surface area contributed by atoms with Crippen LogP contribution in [0.1, 0.15) is 15.9 Å². The van der Waals surface area contributed by atoms with Crippen LogP contribution >= 0.6 is 23.2 Å². The Morgan fingerprint density at radius 2 is 1.64 bits per heavy atom. The van der Waals surface area contributed by atoms with Gasteiger partial charge in [0.15, 0.2) is 0 Å². The molecule has 10 heteroatoms. The van der Waals surface area contributed by atoms with Gasteiger partial charge in [0, 0.05) is 27.2 Å². The summed E-state index contributed by atoms with van der Waals surface area (Å²) in [5, 5.41) is 5.54. The number of fused-ring (bicyclic) bond motifs is 1. The van der Waals surface area contributed by atoms with E-state index < -0.39 is 15.9 Å². The molecule has 2 N–H and O–H groups in total. The quantitative estimate of drug-likeness (QED) is 0.219. The van der Waals surface area contributed by atoms with Crippen LogP contribution in [0, 0.1) is 0 Å². The lowest BCUT2D eigenvalue weighted by molar-refractivity contribution is 0.0955. The third-order valence-corrected chi connectivity index (χ3v) is 6.55. The van der Waals surface area contributed by atoms with E-state index in [0.717, 1.165) is 10.9 Å². The Morgan fingerprint density at radius 3 is 2.36 bits per heavy atom. The first-order valence-electron chi connectivity index (χ1n) is 9.59. The number of carbonyl (C=O) groups is 1. The van der Waals surface area contributed by atoms with Gasteiger partial charge in [0.2, 0.25) is 0 Å². The highest BCUT2D eigenvalue weighted by atomic mass is 35.5. The number of nitrogens with one attached hydrogen (secondary N) is 2. The van der Waals surface area contributed by atoms with Crippen LogP contribution in [0.15, 0.2) is 88.9 Å². The van der Waals surface area contributed by atoms with E-state index in [9.17, 15) is 13.2 Å². The lowest BCUT2D eigenvalue weighted by Gasteiger charge is -2.09. The van der Waals surface area contributed by atoms with Crippen molar-refractivity contribution in [2.24, 2.45) is 5.10 Å². The van der Waals surface area contributed by atoms with Crippen molar-refractivity contribution >= 4 is 61.9 Å². The highest BCUT2D eigenvalue weighted by Gasteiger charge is 2.14. The van der Waals surface area contributed by atoms with Crippen LogP contribution < -0.4 is 10.1 Å². The first kappa shape index (κ1) is 22.7. The van der Waals surface area contributed by atoms with Gasteiger partial charge >= 0.3 is 0 Å². The molecule has 1 aromatic heterocycles. The molecule has 0 aliphatic rings. The Hall–Kier alpha value is -3.46. The molecule has 166 valence electrons. The first-order chi connectivity index (χ1) is 15.8. The number of hydrogen-bond acceptors (Lipinski definition) is 5. The summed E-state index contributed by atoms with van der Waals surface area (Å²) in [5.41, 5.74) is 4.33. The van der Waals surface area contributed by atoms with Gasteiger partial charge in [-0.25, -0.2) is 18.8 Å². The van der Waals surface area contributed by atoms with Gasteiger partial charge in [-0.15, -0.1) is 0 Å². The summed E-state index contributed by atoms with van der Waals surface area (Å²) < 4.78 is 27.3. The van der Waals surface area contributed by atoms with Crippen LogP contribution in [0.4, 0.5) is 5.69 Å². The fourth-order valence-corrected chi connectivity index (χ4v) is 4.32. The molecule has 0 fully saturated rings. The Balaban J connectivity index is 1.41. The number of sulfonamides is 1. The van der Waals surface area contributed by atoms with Crippen molar-refractivity contribution in [2.75, 3.05) is 4.72 Å². The molecule has 0 unspecified atom stereocenters. The van der Waals surface area contributed by atoms with Crippen molar-refractivity contribution in [3.8, 4) is 0 Å². The zero-order valence-corrected chi connectivity index (χ0v) is 19.2. The Labute approximate surface area is 200 Å². The van der Waals surface area contributed by atoms with E-state index in [-0.39, 0.29) is 10.0 Å². The maximum atomic E-state index is 12.4. The monoisotopic (exact) mass is 498 g/mol. The number of rotatable bonds is 6. The zero-order chi connectivity index (χ0) is 23.4. The average molecular weight is 499 g/mol. The summed E-state index contributed by atoms with van der Waals surface area (Å²) in [5.74, 6) is -0.469. The van der Waals surface area contributed by atoms with Crippen LogP contribution in [0.5, 0.6) is 0 Å². The number of para-hydroxylation sites is 1. The topological polar surface area (TPSA) is 101 Å². The summed E-state index contributed by atoms with van der Waals surface area (Å²) >= 11 is 12.0. The molecule has 0 atom stereocenters. The van der Waals surface area contributed by atoms with Crippen molar-refractivity contribution in [3.63, 3.8) is 0 Å². The second-order valence-corrected chi connectivity index (χ2v) is 9.37. The second kappa shape index (κ2) is 9.58. The predicted molar refractivity (Wildman–Crippen MR) is 131 cm³/mol. The van der Waals surface area contributed by atoms with Crippen LogP contribution in [0.3, 0.4) is 0 Å². The molecule has 0 radical (unpaired) electrons. The molecular formula is C23H16Cl2N4O3S. The Bertz CT molecular complexity index is 1460. The van der Waals surface area contributed by atoms with E-state index in [1.165, 1.54) is 54.7 Å². The number of pyridine rings is 1. The number of halogens is 2. The summed E-state index contributed by atoms with van der Waals surface area (Å²) in [6.45, 7) is 0. The largest absolute Gasteiger partial charge is 0.280 e. The molecular weight excluding hydrogens is 483 g/mol. The van der Waals surface area contributed by atoms with Crippen molar-refractivity contribution < 1.29 is 13.2 Å². The smallest absolute Gasteiger partial charge is 0.271 e. The zero-order valence-electron chi connectivity index (χ0n) is 16.9. The number of benzene rings is 3. The van der Waals surface area contributed by atoms with Crippen molar-refractivity contribution in [1.29, 1.82) is 0 Å². The number of amides is 1. The maximum Gasteiger partial charge on any atom is 0.271 e. The minimum Gasteiger partial charge on any atom is -0.280 e. The highest BCUT2D eigenvalue weighted by Crippen LogP contribution is 2.20. The van der Waals surface area contributed by atoms with E-state index in [0.29, 0.717) is 21.8 Å². The number of carbonyl (C=O) groups excluding carboxylic acids is 1. The van der Waals surface area contributed by atoms with E-state index in [1.54, 1.807) is 0 Å². The Morgan fingerprint density at radius 1 is 0.939 bits per heavy atom. The molecule has 3 aromatic carbocycles. The SMILES string of the molecule is O=C(NN=Cc1cc2ccccc2nc1Cl)c1ccc(NS(=O)(=O)c2ccc(Cl)cc2)cc1. The predicted octanol–water partition coefficient (Wildman–Crippen LogP) is 5.11. The van der Waals surface area contributed by atoms with Gasteiger partial charge in [0.1, 0.15) is 5.15 Å². The Kier molecular flexibility index (Phi) is 6.60. The molecule has 0 bridgehead atoms. The van der Waals surface area contributed by atoms with Gasteiger partial charge < -0.3 is 0 Å². The van der Waals surface area contributed by atoms with Gasteiger partial charge in [0.25, 0.3) is 15.9 Å². The van der Waals surface area contributed by atoms with Gasteiger partial charge in [-0.1, -0.05) is 41.4 Å². The summed E-state index contributed by atoms with van der Waals surface area (Å²) in [6, 6.07) is 21.0. The van der Waals surface area contributed by atoms with E-state index in [4.69, 9.17) is 23.2 Å². The molecule has 4 aromatic rings. The van der Waals surface area contributed by atoms with Crippen LogP contribution in [-0.4, -0.2) is 25.5 Å². The summed E-state index contributed by atoms with van der Waals surface area (Å²) in [7, 11) is -3.78. The van der Waals surface area contributed by atoms with Crippen LogP contribution in [0.2, 0.25) is 10.2 Å². The normalized spacial score (nSPS) is 11.6. The summed E-state index contributed by atoms with van der Waals surface area (Å²) in [6.07, 6.45) is 1.41. The highest BCUT2D eigenvalue weighted by molar-refractivity contribution is 7.92. The molecule has 0 aliphatic heterocycles. The summed E-state index contributed by atoms with van der Waals surface area (Å²) in [4.78, 5) is 16.7. The molecule has 7 nitrogen and oxygen atoms in total. The maximum absolute atomic E-state index is 12.4. The second-order valence-electron chi connectivity index (χ2n) is 6.90. The molecule has 0 saturated carbocycles. The molecule has 0 spiro atoms. The molecule has 0 saturated heterocycles. The number of aromatic nitrogens is 1. The standard InChI is InChI=1S/C23H16Cl2N4O3S/c24-18-7-11-20(12-8-18)33(31,32)29-19-9-5-15(6-10-19)23(30)28-26-14-17-13-16-3-1-2-4-21(16)27-22(17)25/h1-14,29H,(H,28,30). The van der Waals surface area contributed by atoms with Crippen molar-refractivity contribution in [3.05, 3.63) is 100 Å². The number of hydrogen-bond donors (Lipinski definition) is 2. The number of hydrazone groups is 1. The number of anilines is 1. The first-order valence-corrected chi connectivity index (χ1v) is 11.8. The van der Waals surface area contributed by atoms with Gasteiger partial charge in [0.05, 0.1) is 16.6 Å². The minimum atomic E-state index is -3.78. The van der Waals surface area contributed by atoms with Gasteiger partial charge in [-0.3, -0.25) is 9.52 Å². The van der Waals surface area contributed by atoms with E-state index in [1.807, 2.05) is 30.3 Å². The number of nitrogens with zero attached hydrogens (tertiary/aromatic N) is 2. The van der Waals surface area contributed by atoms with Crippen molar-refractivity contribution in [2.45, 2.75) is 4.90 Å². The lowest BCUT2D eigenvalue weighted by Crippen LogP contribution is -2.18. The van der Waals surface area contributed by atoms with Gasteiger partial charge in [-0.2, -0.15) is 5.10 Å². The fraction of sp³-hybridized carbons (Fsp3) is 0. The van der Waals surface area contributed by atoms with Crippen molar-refractivity contribution in [1.82, 2.24) is 10.4 Å². The fourth-order valence-electron chi connectivity index (χ4n) is 2.94. The molecule has 1 amide bonds. The molecule has 0 aliphatic carbocycles. The average Bonchev–Trinajstić information content (AvgIpc) is 2.80. The van der Waals surface area contributed by atoms with Crippen LogP contribution in [0.25, 0.3) is 10.9 Å².